The van der Waals surface area contributed by atoms with Gasteiger partial charge in [0.25, 0.3) is 5.56 Å². The number of nitrogens with one attached hydrogen (secondary N) is 2. The number of primary amides is 1. The van der Waals surface area contributed by atoms with Gasteiger partial charge >= 0.3 is 0 Å². The highest BCUT2D eigenvalue weighted by molar-refractivity contribution is 9.10. The molecule has 12 nitrogen and oxygen atoms in total. The first-order valence-electron chi connectivity index (χ1n) is 26.1. The molecule has 3 unspecified atom stereocenters. The van der Waals surface area contributed by atoms with Crippen molar-refractivity contribution in [2.75, 3.05) is 26.7 Å². The SMILES string of the molecule is CC1CCC(/C(N)=C/NC(C=O)C(C)(C)C)CC1.Cc1ncsc1-c1ccc(C(C)C2CCCN2C)cc1.NC=O.O=c1nc2n(c3cccc(Br)c13)-c1cc(C3CCNCC3)cnc1C21CCCCC1. The highest BCUT2D eigenvalue weighted by atomic mass is 79.9. The Morgan fingerprint density at radius 3 is 2.27 bits per heavy atom. The van der Waals surface area contributed by atoms with Gasteiger partial charge in [0.1, 0.15) is 12.1 Å². The topological polar surface area (TPSA) is 174 Å². The zero-order valence-electron chi connectivity index (χ0n) is 43.2. The van der Waals surface area contributed by atoms with Gasteiger partial charge in [-0.25, -0.2) is 4.98 Å². The molecule has 5 aliphatic rings. The number of nitrogens with two attached hydrogens (primary N) is 2. The largest absolute Gasteiger partial charge is 0.401 e. The van der Waals surface area contributed by atoms with Crippen LogP contribution in [-0.2, 0) is 15.0 Å². The molecule has 3 aromatic heterocycles. The van der Waals surface area contributed by atoms with E-state index in [1.165, 1.54) is 73.1 Å². The molecule has 6 heterocycles. The number of carbonyl (C=O) groups is 2. The predicted octanol–water partition coefficient (Wildman–Crippen LogP) is 10.8. The van der Waals surface area contributed by atoms with Crippen LogP contribution in [0.4, 0.5) is 0 Å². The van der Waals surface area contributed by atoms with E-state index in [4.69, 9.17) is 20.5 Å². The summed E-state index contributed by atoms with van der Waals surface area (Å²) in [7, 11) is 2.25. The van der Waals surface area contributed by atoms with Gasteiger partial charge in [-0.15, -0.1) is 11.3 Å². The molecule has 2 aliphatic carbocycles. The molecule has 10 rings (SSSR count). The molecule has 4 fully saturated rings. The fourth-order valence-electron chi connectivity index (χ4n) is 11.6. The fraction of sp³-hybridized carbons (Fsp3) is 0.544. The van der Waals surface area contributed by atoms with Crippen LogP contribution in [-0.4, -0.2) is 75.9 Å². The summed E-state index contributed by atoms with van der Waals surface area (Å²) < 4.78 is 3.06. The van der Waals surface area contributed by atoms with E-state index < -0.39 is 0 Å². The number of likely N-dealkylation sites (N-methyl/N-ethyl adjacent to an activating group) is 1. The molecule has 14 heteroatoms. The Bertz CT molecular complexity index is 2660. The minimum Gasteiger partial charge on any atom is -0.401 e. The fourth-order valence-corrected chi connectivity index (χ4v) is 12.9. The third-order valence-electron chi connectivity index (χ3n) is 16.0. The third-order valence-corrected chi connectivity index (χ3v) is 17.6. The second-order valence-corrected chi connectivity index (χ2v) is 23.5. The number of rotatable bonds is 8. The molecule has 3 atom stereocenters. The van der Waals surface area contributed by atoms with Crippen molar-refractivity contribution < 1.29 is 9.59 Å². The summed E-state index contributed by atoms with van der Waals surface area (Å²) in [5, 5.41) is 7.28. The quantitative estimate of drug-likeness (QED) is 0.110. The van der Waals surface area contributed by atoms with E-state index in [1.807, 2.05) is 44.6 Å². The van der Waals surface area contributed by atoms with E-state index in [0.717, 1.165) is 102 Å². The molecule has 2 saturated heterocycles. The molecule has 1 amide bonds. The minimum absolute atomic E-state index is 0.0837. The zero-order chi connectivity index (χ0) is 50.9. The first-order valence-corrected chi connectivity index (χ1v) is 27.7. The summed E-state index contributed by atoms with van der Waals surface area (Å²) >= 11 is 5.31. The Balaban J connectivity index is 0.000000159. The van der Waals surface area contributed by atoms with Crippen LogP contribution in [0.3, 0.4) is 0 Å². The number of aryl methyl sites for hydroxylation is 1. The number of halogens is 1. The van der Waals surface area contributed by atoms with Crippen LogP contribution in [0.25, 0.3) is 27.0 Å². The summed E-state index contributed by atoms with van der Waals surface area (Å²) in [6.45, 7) is 16.2. The van der Waals surface area contributed by atoms with Crippen molar-refractivity contribution in [1.82, 2.24) is 35.1 Å². The number of amides is 1. The van der Waals surface area contributed by atoms with Crippen molar-refractivity contribution in [3.63, 3.8) is 0 Å². The lowest BCUT2D eigenvalue weighted by atomic mass is 9.71. The first-order chi connectivity index (χ1) is 34.1. The van der Waals surface area contributed by atoms with E-state index in [9.17, 15) is 9.59 Å². The lowest BCUT2D eigenvalue weighted by Crippen LogP contribution is -2.39. The highest BCUT2D eigenvalue weighted by Crippen LogP contribution is 2.51. The number of aldehydes is 1. The lowest BCUT2D eigenvalue weighted by molar-refractivity contribution is -0.111. The van der Waals surface area contributed by atoms with Crippen LogP contribution in [0.15, 0.2) is 81.4 Å². The standard InChI is InChI=1S/C24H25BrN4O.C17H22N2S.C15H28N2O.CH3NO/c25-17-5-4-6-18-20(17)22(30)28-23-24(9-2-1-3-10-24)21-19(29(18)23)13-16(14-27-21)15-7-11-26-12-8-15;1-12(16-5-4-10-19(16)3)14-6-8-15(9-7-14)17-13(2)18-11-20-17;1-11-5-7-12(8-6-11)13(16)9-17-14(10-18)15(2,3)4;2-1-3/h4-6,13-15,26H,1-3,7-12H2;6-9,11-12,16H,4-5,10H2,1-3H3;9-12,14,17H,5-8,16H2,1-4H3;1H,(H2,2,3)/b;;13-9-;. The maximum Gasteiger partial charge on any atom is 0.281 e. The monoisotopic (exact) mass is 1050 g/mol. The molecular formula is C57H78BrN9O3S. The number of aromatic nitrogens is 4. The molecule has 0 bridgehead atoms. The van der Waals surface area contributed by atoms with E-state index in [-0.39, 0.29) is 28.8 Å². The smallest absolute Gasteiger partial charge is 0.281 e. The molecule has 3 aliphatic heterocycles. The Morgan fingerprint density at radius 2 is 1.66 bits per heavy atom. The summed E-state index contributed by atoms with van der Waals surface area (Å²) in [5.41, 5.74) is 21.1. The number of hydrogen-bond donors (Lipinski definition) is 4. The molecule has 0 radical (unpaired) electrons. The van der Waals surface area contributed by atoms with Crippen LogP contribution in [0.2, 0.25) is 0 Å². The molecule has 2 aromatic carbocycles. The third kappa shape index (κ3) is 12.4. The molecular weight excluding hydrogens is 971 g/mol. The summed E-state index contributed by atoms with van der Waals surface area (Å²) in [6, 6.07) is 17.9. The number of hydrogen-bond acceptors (Lipinski definition) is 11. The number of benzene rings is 2. The Hall–Kier alpha value is -4.76. The molecule has 5 aromatic rings. The van der Waals surface area contributed by atoms with Crippen LogP contribution < -0.4 is 27.7 Å². The van der Waals surface area contributed by atoms with Gasteiger partial charge in [-0.3, -0.25) is 19.1 Å². The summed E-state index contributed by atoms with van der Waals surface area (Å²) in [5.74, 6) is 3.38. The van der Waals surface area contributed by atoms with Gasteiger partial charge in [-0.1, -0.05) is 97.1 Å². The van der Waals surface area contributed by atoms with Crippen LogP contribution in [0.1, 0.15) is 158 Å². The number of nitrogens with zero attached hydrogens (tertiary/aromatic N) is 5. The van der Waals surface area contributed by atoms with Gasteiger partial charge in [-0.2, -0.15) is 4.98 Å². The van der Waals surface area contributed by atoms with Gasteiger partial charge in [0, 0.05) is 28.6 Å². The van der Waals surface area contributed by atoms with E-state index in [2.05, 4.69) is 117 Å². The normalized spacial score (nSPS) is 21.8. The average Bonchev–Trinajstić information content (AvgIpc) is 4.08. The van der Waals surface area contributed by atoms with E-state index in [0.29, 0.717) is 29.2 Å². The van der Waals surface area contributed by atoms with Crippen molar-refractivity contribution in [1.29, 1.82) is 0 Å². The first kappa shape index (κ1) is 54.0. The van der Waals surface area contributed by atoms with Gasteiger partial charge in [0.05, 0.1) is 49.8 Å². The van der Waals surface area contributed by atoms with Gasteiger partial charge < -0.3 is 31.8 Å². The molecule has 1 spiro atoms. The predicted molar refractivity (Wildman–Crippen MR) is 294 cm³/mol. The minimum atomic E-state index is -0.226. The second kappa shape index (κ2) is 24.3. The van der Waals surface area contributed by atoms with E-state index >= 15 is 0 Å². The highest BCUT2D eigenvalue weighted by Gasteiger charge is 2.48. The van der Waals surface area contributed by atoms with E-state index in [1.54, 1.807) is 11.3 Å². The van der Waals surface area contributed by atoms with Crippen LogP contribution in [0.5, 0.6) is 0 Å². The van der Waals surface area contributed by atoms with Crippen LogP contribution in [0, 0.1) is 24.2 Å². The Kier molecular flexibility index (Phi) is 18.5. The van der Waals surface area contributed by atoms with Gasteiger partial charge in [-0.05, 0) is 165 Å². The van der Waals surface area contributed by atoms with Crippen LogP contribution >= 0.6 is 27.3 Å². The number of likely N-dealkylation sites (tertiary alicyclic amines) is 1. The zero-order valence-corrected chi connectivity index (χ0v) is 45.6. The number of thiazole rings is 1. The maximum absolute atomic E-state index is 13.1. The molecule has 6 N–H and O–H groups in total. The molecule has 382 valence electrons. The van der Waals surface area contributed by atoms with Crippen molar-refractivity contribution in [3.05, 3.63) is 115 Å². The summed E-state index contributed by atoms with van der Waals surface area (Å²) in [6.07, 6.45) is 20.6. The molecule has 71 heavy (non-hydrogen) atoms. The Labute approximate surface area is 434 Å². The maximum atomic E-state index is 13.1. The average molecular weight is 1050 g/mol. The summed E-state index contributed by atoms with van der Waals surface area (Å²) in [4.78, 5) is 50.6. The van der Waals surface area contributed by atoms with Gasteiger partial charge in [0.15, 0.2) is 0 Å². The number of piperidine rings is 1. The number of carbonyl (C=O) groups excluding carboxylic acids is 2. The molecule has 2 saturated carbocycles. The van der Waals surface area contributed by atoms with Crippen molar-refractivity contribution in [2.24, 2.45) is 28.7 Å². The van der Waals surface area contributed by atoms with Gasteiger partial charge in [0.2, 0.25) is 6.41 Å². The van der Waals surface area contributed by atoms with Crippen molar-refractivity contribution in [3.8, 4) is 16.1 Å². The lowest BCUT2D eigenvalue weighted by Gasteiger charge is -2.32. The van der Waals surface area contributed by atoms with Crippen molar-refractivity contribution >= 4 is 50.9 Å². The van der Waals surface area contributed by atoms with Crippen molar-refractivity contribution in [2.45, 2.75) is 154 Å². The number of allylic oxidation sites excluding steroid dienone is 1. The number of pyridine rings is 1. The number of fused-ring (bicyclic) bond motifs is 7. The Morgan fingerprint density at radius 1 is 0.972 bits per heavy atom. The second-order valence-electron chi connectivity index (χ2n) is 21.8.